The van der Waals surface area contributed by atoms with E-state index in [2.05, 4.69) is 0 Å². The molecule has 0 spiro atoms. The number of carbonyl (C=O) groups excluding carboxylic acids is 1. The first-order chi connectivity index (χ1) is 7.83. The molecule has 4 nitrogen and oxygen atoms in total. The lowest BCUT2D eigenvalue weighted by molar-refractivity contribution is -0.144. The molecule has 0 aromatic heterocycles. The molecule has 0 bridgehead atoms. The molecule has 0 N–H and O–H groups in total. The van der Waals surface area contributed by atoms with Gasteiger partial charge in [-0.05, 0) is 32.4 Å². The molecule has 94 valence electrons. The zero-order valence-electron chi connectivity index (χ0n) is 10.1. The number of rotatable bonds is 4. The van der Waals surface area contributed by atoms with Crippen molar-refractivity contribution in [3.63, 3.8) is 0 Å². The van der Waals surface area contributed by atoms with Crippen LogP contribution in [0.4, 0.5) is 0 Å². The van der Waals surface area contributed by atoms with Crippen molar-refractivity contribution in [3.8, 4) is 0 Å². The zero-order valence-corrected chi connectivity index (χ0v) is 11.0. The van der Waals surface area contributed by atoms with Gasteiger partial charge in [0.1, 0.15) is 0 Å². The maximum Gasteiger partial charge on any atom is 0.321 e. The fourth-order valence-electron chi connectivity index (χ4n) is 1.44. The van der Waals surface area contributed by atoms with Gasteiger partial charge in [-0.25, -0.2) is 8.42 Å². The van der Waals surface area contributed by atoms with Gasteiger partial charge in [0, 0.05) is 0 Å². The average Bonchev–Trinajstić information content (AvgIpc) is 2.15. The second kappa shape index (κ2) is 5.31. The van der Waals surface area contributed by atoms with Gasteiger partial charge < -0.3 is 4.74 Å². The summed E-state index contributed by atoms with van der Waals surface area (Å²) in [7, 11) is -3.61. The largest absolute Gasteiger partial charge is 0.462 e. The Morgan fingerprint density at radius 2 is 1.88 bits per heavy atom. The monoisotopic (exact) mass is 256 g/mol. The number of hydrogen-bond acceptors (Lipinski definition) is 4. The molecule has 0 aliphatic carbocycles. The summed E-state index contributed by atoms with van der Waals surface area (Å²) in [5.74, 6) is -1.33. The predicted octanol–water partition coefficient (Wildman–Crippen LogP) is 1.72. The number of carbonyl (C=O) groups is 1. The van der Waals surface area contributed by atoms with Crippen LogP contribution in [0.25, 0.3) is 0 Å². The van der Waals surface area contributed by atoms with E-state index in [0.717, 1.165) is 0 Å². The van der Waals surface area contributed by atoms with E-state index < -0.39 is 21.6 Å². The van der Waals surface area contributed by atoms with E-state index in [1.54, 1.807) is 39.0 Å². The van der Waals surface area contributed by atoms with Crippen LogP contribution >= 0.6 is 0 Å². The molecular weight excluding hydrogens is 240 g/mol. The third kappa shape index (κ3) is 3.85. The van der Waals surface area contributed by atoms with Gasteiger partial charge >= 0.3 is 5.97 Å². The molecule has 5 heteroatoms. The van der Waals surface area contributed by atoms with Crippen LogP contribution in [0.2, 0.25) is 0 Å². The summed E-state index contributed by atoms with van der Waals surface area (Å²) in [6.07, 6.45) is -0.311. The number of aryl methyl sites for hydroxylation is 1. The van der Waals surface area contributed by atoms with E-state index in [1.807, 2.05) is 0 Å². The van der Waals surface area contributed by atoms with Crippen LogP contribution in [0.3, 0.4) is 0 Å². The molecule has 0 aliphatic heterocycles. The fourth-order valence-corrected chi connectivity index (χ4v) is 2.81. The highest BCUT2D eigenvalue weighted by atomic mass is 32.2. The van der Waals surface area contributed by atoms with E-state index in [0.29, 0.717) is 5.56 Å². The molecule has 0 fully saturated rings. The summed E-state index contributed by atoms with van der Waals surface area (Å²) < 4.78 is 28.7. The Hall–Kier alpha value is -1.36. The number of benzene rings is 1. The Morgan fingerprint density at radius 3 is 2.41 bits per heavy atom. The summed E-state index contributed by atoms with van der Waals surface area (Å²) in [6, 6.07) is 6.57. The lowest BCUT2D eigenvalue weighted by Crippen LogP contribution is -2.22. The molecule has 0 saturated carbocycles. The quantitative estimate of drug-likeness (QED) is 0.770. The molecule has 0 atom stereocenters. The highest BCUT2D eigenvalue weighted by Crippen LogP contribution is 2.16. The van der Waals surface area contributed by atoms with Crippen molar-refractivity contribution in [2.24, 2.45) is 0 Å². The van der Waals surface area contributed by atoms with Crippen LogP contribution in [-0.2, 0) is 19.4 Å². The predicted molar refractivity (Wildman–Crippen MR) is 64.5 cm³/mol. The van der Waals surface area contributed by atoms with Crippen molar-refractivity contribution in [2.75, 3.05) is 5.75 Å². The molecule has 1 aromatic rings. The summed E-state index contributed by atoms with van der Waals surface area (Å²) in [6.45, 7) is 5.05. The summed E-state index contributed by atoms with van der Waals surface area (Å²) in [5.41, 5.74) is 0.629. The number of sulfone groups is 1. The molecular formula is C12H16O4S. The van der Waals surface area contributed by atoms with Crippen LogP contribution in [0.15, 0.2) is 29.2 Å². The molecule has 0 unspecified atom stereocenters. The lowest BCUT2D eigenvalue weighted by atomic mass is 10.2. The minimum Gasteiger partial charge on any atom is -0.462 e. The maximum atomic E-state index is 11.9. The minimum atomic E-state index is -3.61. The zero-order chi connectivity index (χ0) is 13.1. The second-order valence-electron chi connectivity index (χ2n) is 4.06. The number of esters is 1. The molecule has 1 aromatic carbocycles. The highest BCUT2D eigenvalue weighted by molar-refractivity contribution is 7.92. The van der Waals surface area contributed by atoms with Crippen LogP contribution in [-0.4, -0.2) is 26.2 Å². The Labute approximate surface area is 102 Å². The summed E-state index contributed by atoms with van der Waals surface area (Å²) in [5, 5.41) is 0. The van der Waals surface area contributed by atoms with E-state index in [4.69, 9.17) is 4.74 Å². The standard InChI is InChI=1S/C12H16O4S/c1-9(2)16-12(13)8-17(14,15)11-7-5-4-6-10(11)3/h4-7,9H,8H2,1-3H3. The Bertz CT molecular complexity index is 503. The van der Waals surface area contributed by atoms with Crippen molar-refractivity contribution in [1.82, 2.24) is 0 Å². The van der Waals surface area contributed by atoms with E-state index >= 15 is 0 Å². The first-order valence-corrected chi connectivity index (χ1v) is 6.96. The van der Waals surface area contributed by atoms with Gasteiger partial charge in [-0.1, -0.05) is 18.2 Å². The van der Waals surface area contributed by atoms with Gasteiger partial charge in [0.15, 0.2) is 15.6 Å². The minimum absolute atomic E-state index is 0.181. The smallest absolute Gasteiger partial charge is 0.321 e. The number of ether oxygens (including phenoxy) is 1. The summed E-state index contributed by atoms with van der Waals surface area (Å²) >= 11 is 0. The van der Waals surface area contributed by atoms with Crippen LogP contribution in [0.5, 0.6) is 0 Å². The molecule has 0 heterocycles. The first-order valence-electron chi connectivity index (χ1n) is 5.31. The molecule has 0 radical (unpaired) electrons. The van der Waals surface area contributed by atoms with Crippen molar-refractivity contribution < 1.29 is 17.9 Å². The Kier molecular flexibility index (Phi) is 4.28. The van der Waals surface area contributed by atoms with Crippen molar-refractivity contribution in [2.45, 2.75) is 31.8 Å². The molecule has 0 aliphatic rings. The van der Waals surface area contributed by atoms with Gasteiger partial charge in [-0.15, -0.1) is 0 Å². The van der Waals surface area contributed by atoms with E-state index in [-0.39, 0.29) is 11.0 Å². The second-order valence-corrected chi connectivity index (χ2v) is 6.02. The molecule has 0 amide bonds. The third-order valence-electron chi connectivity index (χ3n) is 2.10. The highest BCUT2D eigenvalue weighted by Gasteiger charge is 2.22. The number of hydrogen-bond donors (Lipinski definition) is 0. The van der Waals surface area contributed by atoms with Gasteiger partial charge in [0.2, 0.25) is 0 Å². The molecule has 1 rings (SSSR count). The van der Waals surface area contributed by atoms with Crippen LogP contribution in [0, 0.1) is 6.92 Å². The maximum absolute atomic E-state index is 11.9. The average molecular weight is 256 g/mol. The fraction of sp³-hybridized carbons (Fsp3) is 0.417. The van der Waals surface area contributed by atoms with E-state index in [9.17, 15) is 13.2 Å². The van der Waals surface area contributed by atoms with Gasteiger partial charge in [0.05, 0.1) is 11.0 Å². The summed E-state index contributed by atoms with van der Waals surface area (Å²) in [4.78, 5) is 11.5. The topological polar surface area (TPSA) is 60.4 Å². The third-order valence-corrected chi connectivity index (χ3v) is 3.85. The van der Waals surface area contributed by atoms with Crippen molar-refractivity contribution in [1.29, 1.82) is 0 Å². The SMILES string of the molecule is Cc1ccccc1S(=O)(=O)CC(=O)OC(C)C. The Morgan fingerprint density at radius 1 is 1.29 bits per heavy atom. The molecule has 17 heavy (non-hydrogen) atoms. The lowest BCUT2D eigenvalue weighted by Gasteiger charge is -2.09. The van der Waals surface area contributed by atoms with Gasteiger partial charge in [-0.2, -0.15) is 0 Å². The Balaban J connectivity index is 2.91. The first kappa shape index (κ1) is 13.7. The van der Waals surface area contributed by atoms with Crippen molar-refractivity contribution >= 4 is 15.8 Å². The van der Waals surface area contributed by atoms with Crippen LogP contribution < -0.4 is 0 Å². The van der Waals surface area contributed by atoms with E-state index in [1.165, 1.54) is 6.07 Å². The van der Waals surface area contributed by atoms with Gasteiger partial charge in [0.25, 0.3) is 0 Å². The van der Waals surface area contributed by atoms with Crippen molar-refractivity contribution in [3.05, 3.63) is 29.8 Å². The van der Waals surface area contributed by atoms with Gasteiger partial charge in [-0.3, -0.25) is 4.79 Å². The van der Waals surface area contributed by atoms with Crippen LogP contribution in [0.1, 0.15) is 19.4 Å². The molecule has 0 saturated heterocycles. The normalized spacial score (nSPS) is 11.5.